The van der Waals surface area contributed by atoms with E-state index in [9.17, 15) is 0 Å². The van der Waals surface area contributed by atoms with Gasteiger partial charge in [0.15, 0.2) is 0 Å². The summed E-state index contributed by atoms with van der Waals surface area (Å²) in [5.74, 6) is 0.424. The summed E-state index contributed by atoms with van der Waals surface area (Å²) in [5.41, 5.74) is 1.66. The molecule has 74 valence electrons. The maximum absolute atomic E-state index is 6.10. The Morgan fingerprint density at radius 3 is 3.00 bits per heavy atom. The van der Waals surface area contributed by atoms with E-state index < -0.39 is 0 Å². The molecule has 0 amide bonds. The van der Waals surface area contributed by atoms with Gasteiger partial charge in [0.1, 0.15) is 0 Å². The van der Waals surface area contributed by atoms with Crippen LogP contribution in [0, 0.1) is 0 Å². The number of benzene rings is 1. The zero-order chi connectivity index (χ0) is 10.3. The van der Waals surface area contributed by atoms with Crippen LogP contribution >= 0.6 is 11.6 Å². The SMILES string of the molecule is Clc1ccc2cc[nH]c2c1-c1nnco1. The van der Waals surface area contributed by atoms with Crippen LogP contribution in [0.25, 0.3) is 22.4 Å². The Morgan fingerprint density at radius 1 is 1.27 bits per heavy atom. The highest BCUT2D eigenvalue weighted by Gasteiger charge is 2.13. The Kier molecular flexibility index (Phi) is 1.76. The van der Waals surface area contributed by atoms with Crippen molar-refractivity contribution in [3.05, 3.63) is 35.8 Å². The third-order valence-corrected chi connectivity index (χ3v) is 2.57. The summed E-state index contributed by atoms with van der Waals surface area (Å²) in [7, 11) is 0. The highest BCUT2D eigenvalue weighted by atomic mass is 35.5. The Morgan fingerprint density at radius 2 is 2.20 bits per heavy atom. The number of nitrogens with one attached hydrogen (secondary N) is 1. The number of hydrogen-bond acceptors (Lipinski definition) is 3. The second-order valence-electron chi connectivity index (χ2n) is 3.11. The lowest BCUT2D eigenvalue weighted by Gasteiger charge is -2.00. The normalized spacial score (nSPS) is 11.0. The van der Waals surface area contributed by atoms with Crippen molar-refractivity contribution in [2.45, 2.75) is 0 Å². The van der Waals surface area contributed by atoms with E-state index in [1.807, 2.05) is 24.4 Å². The van der Waals surface area contributed by atoms with Gasteiger partial charge in [0, 0.05) is 11.6 Å². The molecule has 0 aliphatic heterocycles. The number of halogens is 1. The number of aromatic nitrogens is 3. The number of fused-ring (bicyclic) bond motifs is 1. The van der Waals surface area contributed by atoms with E-state index in [1.165, 1.54) is 6.39 Å². The molecular weight excluding hydrogens is 214 g/mol. The molecule has 0 saturated heterocycles. The molecule has 1 aromatic carbocycles. The van der Waals surface area contributed by atoms with Crippen molar-refractivity contribution in [1.29, 1.82) is 0 Å². The molecular formula is C10H6ClN3O. The standard InChI is InChI=1S/C10H6ClN3O/c11-7-2-1-6-3-4-12-9(6)8(7)10-14-13-5-15-10/h1-5,12H. The second kappa shape index (κ2) is 3.10. The Balaban J connectivity index is 2.41. The zero-order valence-electron chi connectivity index (χ0n) is 7.57. The minimum Gasteiger partial charge on any atom is -0.423 e. The van der Waals surface area contributed by atoms with Crippen molar-refractivity contribution in [3.63, 3.8) is 0 Å². The predicted molar refractivity (Wildman–Crippen MR) is 56.6 cm³/mol. The molecule has 5 heteroatoms. The Hall–Kier alpha value is -1.81. The third-order valence-electron chi connectivity index (χ3n) is 2.25. The molecule has 3 rings (SSSR count). The average Bonchev–Trinajstić information content (AvgIpc) is 2.85. The highest BCUT2D eigenvalue weighted by molar-refractivity contribution is 6.34. The van der Waals surface area contributed by atoms with Gasteiger partial charge >= 0.3 is 0 Å². The number of aromatic amines is 1. The minimum absolute atomic E-state index is 0.424. The molecule has 0 aliphatic carbocycles. The lowest BCUT2D eigenvalue weighted by Crippen LogP contribution is -1.82. The highest BCUT2D eigenvalue weighted by Crippen LogP contribution is 2.32. The lowest BCUT2D eigenvalue weighted by atomic mass is 10.1. The van der Waals surface area contributed by atoms with Gasteiger partial charge in [-0.2, -0.15) is 0 Å². The average molecular weight is 220 g/mol. The molecule has 3 aromatic rings. The maximum Gasteiger partial charge on any atom is 0.251 e. The third kappa shape index (κ3) is 1.22. The van der Waals surface area contributed by atoms with E-state index in [0.29, 0.717) is 10.9 Å². The smallest absolute Gasteiger partial charge is 0.251 e. The van der Waals surface area contributed by atoms with Crippen LogP contribution < -0.4 is 0 Å². The Bertz CT molecular complexity index is 600. The lowest BCUT2D eigenvalue weighted by molar-refractivity contribution is 0.569. The maximum atomic E-state index is 6.10. The van der Waals surface area contributed by atoms with Crippen LogP contribution in [0.3, 0.4) is 0 Å². The van der Waals surface area contributed by atoms with E-state index in [1.54, 1.807) is 0 Å². The number of nitrogens with zero attached hydrogens (tertiary/aromatic N) is 2. The first kappa shape index (κ1) is 8.49. The van der Waals surface area contributed by atoms with E-state index in [4.69, 9.17) is 16.0 Å². The number of H-pyrrole nitrogens is 1. The van der Waals surface area contributed by atoms with Crippen molar-refractivity contribution in [1.82, 2.24) is 15.2 Å². The predicted octanol–water partition coefficient (Wildman–Crippen LogP) is 2.87. The van der Waals surface area contributed by atoms with Crippen LogP contribution in [0.15, 0.2) is 35.2 Å². The second-order valence-corrected chi connectivity index (χ2v) is 3.52. The summed E-state index contributed by atoms with van der Waals surface area (Å²) in [6, 6.07) is 5.72. The van der Waals surface area contributed by atoms with Crippen molar-refractivity contribution in [2.24, 2.45) is 0 Å². The summed E-state index contributed by atoms with van der Waals surface area (Å²) < 4.78 is 5.15. The molecule has 0 saturated carbocycles. The van der Waals surface area contributed by atoms with E-state index in [-0.39, 0.29) is 0 Å². The van der Waals surface area contributed by atoms with Crippen molar-refractivity contribution >= 4 is 22.5 Å². The fraction of sp³-hybridized carbons (Fsp3) is 0. The molecule has 0 radical (unpaired) electrons. The molecule has 15 heavy (non-hydrogen) atoms. The van der Waals surface area contributed by atoms with Crippen molar-refractivity contribution < 1.29 is 4.42 Å². The van der Waals surface area contributed by atoms with E-state index in [0.717, 1.165) is 16.5 Å². The first-order valence-electron chi connectivity index (χ1n) is 4.38. The van der Waals surface area contributed by atoms with Gasteiger partial charge in [-0.25, -0.2) is 0 Å². The molecule has 0 unspecified atom stereocenters. The van der Waals surface area contributed by atoms with Gasteiger partial charge < -0.3 is 9.40 Å². The zero-order valence-corrected chi connectivity index (χ0v) is 8.32. The Labute approximate surface area is 89.9 Å². The fourth-order valence-corrected chi connectivity index (χ4v) is 1.83. The molecule has 0 spiro atoms. The molecule has 2 heterocycles. The molecule has 0 atom stereocenters. The minimum atomic E-state index is 0.424. The van der Waals surface area contributed by atoms with E-state index >= 15 is 0 Å². The van der Waals surface area contributed by atoms with Gasteiger partial charge in [0.25, 0.3) is 5.89 Å². The van der Waals surface area contributed by atoms with Gasteiger partial charge in [-0.3, -0.25) is 0 Å². The van der Waals surface area contributed by atoms with Gasteiger partial charge in [-0.15, -0.1) is 10.2 Å². The van der Waals surface area contributed by atoms with Gasteiger partial charge in [0.2, 0.25) is 6.39 Å². The van der Waals surface area contributed by atoms with Crippen LogP contribution in [-0.4, -0.2) is 15.2 Å². The quantitative estimate of drug-likeness (QED) is 0.685. The molecule has 2 aromatic heterocycles. The summed E-state index contributed by atoms with van der Waals surface area (Å²) in [6.07, 6.45) is 3.13. The molecule has 0 aliphatic rings. The van der Waals surface area contributed by atoms with Crippen molar-refractivity contribution in [3.8, 4) is 11.5 Å². The van der Waals surface area contributed by atoms with Crippen LogP contribution in [0.1, 0.15) is 0 Å². The van der Waals surface area contributed by atoms with Gasteiger partial charge in [-0.05, 0) is 12.1 Å². The van der Waals surface area contributed by atoms with Gasteiger partial charge in [-0.1, -0.05) is 17.7 Å². The fourth-order valence-electron chi connectivity index (χ4n) is 1.59. The first-order valence-corrected chi connectivity index (χ1v) is 4.76. The first-order chi connectivity index (χ1) is 7.36. The number of hydrogen-bond donors (Lipinski definition) is 1. The van der Waals surface area contributed by atoms with Crippen molar-refractivity contribution in [2.75, 3.05) is 0 Å². The molecule has 1 N–H and O–H groups in total. The summed E-state index contributed by atoms with van der Waals surface area (Å²) in [6.45, 7) is 0. The molecule has 0 fully saturated rings. The summed E-state index contributed by atoms with van der Waals surface area (Å²) >= 11 is 6.10. The van der Waals surface area contributed by atoms with E-state index in [2.05, 4.69) is 15.2 Å². The molecule has 0 bridgehead atoms. The van der Waals surface area contributed by atoms with Crippen LogP contribution in [0.4, 0.5) is 0 Å². The van der Waals surface area contributed by atoms with Crippen LogP contribution in [0.5, 0.6) is 0 Å². The topological polar surface area (TPSA) is 54.7 Å². The monoisotopic (exact) mass is 219 g/mol. The van der Waals surface area contributed by atoms with Gasteiger partial charge in [0.05, 0.1) is 16.1 Å². The number of rotatable bonds is 1. The van der Waals surface area contributed by atoms with Crippen LogP contribution in [-0.2, 0) is 0 Å². The summed E-state index contributed by atoms with van der Waals surface area (Å²) in [5, 5.41) is 9.15. The largest absolute Gasteiger partial charge is 0.423 e. The summed E-state index contributed by atoms with van der Waals surface area (Å²) in [4.78, 5) is 3.11. The molecule has 4 nitrogen and oxygen atoms in total. The van der Waals surface area contributed by atoms with Crippen LogP contribution in [0.2, 0.25) is 5.02 Å².